The van der Waals surface area contributed by atoms with Crippen LogP contribution in [-0.4, -0.2) is 15.0 Å². The molecule has 0 unspecified atom stereocenters. The topological polar surface area (TPSA) is 109 Å². The highest BCUT2D eigenvalue weighted by molar-refractivity contribution is 6.17. The fourth-order valence-electron chi connectivity index (χ4n) is 2.75. The minimum Gasteiger partial charge on any atom is -0.422 e. The maximum absolute atomic E-state index is 12.2. The van der Waals surface area contributed by atoms with Gasteiger partial charge in [-0.1, -0.05) is 18.2 Å². The quantitative estimate of drug-likeness (QED) is 0.374. The highest BCUT2D eigenvalue weighted by Crippen LogP contribution is 2.27. The largest absolute Gasteiger partial charge is 0.422 e. The molecule has 3 heterocycles. The Bertz CT molecular complexity index is 1250. The average Bonchev–Trinajstić information content (AvgIpc) is 2.45. The van der Waals surface area contributed by atoms with Crippen LogP contribution < -0.4 is 16.9 Å². The van der Waals surface area contributed by atoms with E-state index in [0.29, 0.717) is 22.0 Å². The summed E-state index contributed by atoms with van der Waals surface area (Å²) in [7, 11) is 0. The fraction of sp³-hybridized carbons (Fsp3) is 0.0667. The van der Waals surface area contributed by atoms with Crippen LogP contribution in [0.3, 0.4) is 0 Å². The number of aromatic amines is 2. The van der Waals surface area contributed by atoms with Gasteiger partial charge < -0.3 is 4.42 Å². The number of nitrogens with one attached hydrogen (secondary N) is 2. The number of hydrogen-bond donors (Lipinski definition) is 2. The average molecular weight is 295 g/mol. The first kappa shape index (κ1) is 12.5. The number of fused-ring (bicyclic) bond motifs is 5. The van der Waals surface area contributed by atoms with Crippen molar-refractivity contribution in [3.05, 3.63) is 61.2 Å². The van der Waals surface area contributed by atoms with E-state index in [9.17, 15) is 14.4 Å². The van der Waals surface area contributed by atoms with Crippen molar-refractivity contribution in [2.75, 3.05) is 0 Å². The predicted molar refractivity (Wildman–Crippen MR) is 81.3 cm³/mol. The molecule has 0 saturated heterocycles. The van der Waals surface area contributed by atoms with Crippen LogP contribution in [0.5, 0.6) is 0 Å². The maximum Gasteiger partial charge on any atom is 0.346 e. The van der Waals surface area contributed by atoms with E-state index in [2.05, 4.69) is 15.0 Å². The fourth-order valence-corrected chi connectivity index (χ4v) is 2.75. The van der Waals surface area contributed by atoms with Crippen molar-refractivity contribution in [2.24, 2.45) is 0 Å². The van der Waals surface area contributed by atoms with E-state index >= 15 is 0 Å². The molecule has 7 heteroatoms. The molecule has 0 saturated carbocycles. The van der Waals surface area contributed by atoms with Crippen LogP contribution in [-0.2, 0) is 0 Å². The standard InChI is InChI=1S/C15H9N3O4/c1-6-9-10(7-4-2-3-5-8(7)22-14(9)20)11-12(16-6)17-15(21)18-13(11)19/h2-5H,1H3,(H2,16,17,18,19,21). The molecule has 0 radical (unpaired) electrons. The van der Waals surface area contributed by atoms with Crippen molar-refractivity contribution >= 4 is 32.8 Å². The Morgan fingerprint density at radius 1 is 1.00 bits per heavy atom. The van der Waals surface area contributed by atoms with E-state index < -0.39 is 16.9 Å². The van der Waals surface area contributed by atoms with E-state index in [0.717, 1.165) is 0 Å². The number of aryl methyl sites for hydroxylation is 1. The number of para-hydroxylation sites is 1. The van der Waals surface area contributed by atoms with Crippen LogP contribution in [0.15, 0.2) is 43.1 Å². The Labute approximate surface area is 121 Å². The molecular formula is C15H9N3O4. The van der Waals surface area contributed by atoms with Gasteiger partial charge in [0.05, 0.1) is 16.5 Å². The molecule has 0 aliphatic heterocycles. The lowest BCUT2D eigenvalue weighted by molar-refractivity contribution is 0.569. The minimum atomic E-state index is -0.643. The molecule has 0 fully saturated rings. The lowest BCUT2D eigenvalue weighted by atomic mass is 10.0. The Kier molecular flexibility index (Phi) is 2.35. The molecule has 0 aliphatic rings. The minimum absolute atomic E-state index is 0.148. The van der Waals surface area contributed by atoms with E-state index in [1.807, 2.05) is 0 Å². The number of rotatable bonds is 0. The monoisotopic (exact) mass is 295 g/mol. The van der Waals surface area contributed by atoms with E-state index in [1.165, 1.54) is 0 Å². The zero-order valence-electron chi connectivity index (χ0n) is 11.4. The van der Waals surface area contributed by atoms with Crippen LogP contribution in [0.25, 0.3) is 32.8 Å². The van der Waals surface area contributed by atoms with Crippen LogP contribution in [0, 0.1) is 6.92 Å². The number of aromatic nitrogens is 3. The first-order chi connectivity index (χ1) is 10.6. The van der Waals surface area contributed by atoms with Gasteiger partial charge in [0, 0.05) is 10.8 Å². The molecule has 0 bridgehead atoms. The molecule has 7 nitrogen and oxygen atoms in total. The normalized spacial score (nSPS) is 11.5. The van der Waals surface area contributed by atoms with Gasteiger partial charge >= 0.3 is 11.3 Å². The van der Waals surface area contributed by atoms with Gasteiger partial charge in [-0.15, -0.1) is 0 Å². The molecule has 4 aromatic rings. The van der Waals surface area contributed by atoms with Crippen molar-refractivity contribution in [1.82, 2.24) is 15.0 Å². The first-order valence-corrected chi connectivity index (χ1v) is 6.55. The van der Waals surface area contributed by atoms with E-state index in [4.69, 9.17) is 4.42 Å². The van der Waals surface area contributed by atoms with Gasteiger partial charge in [-0.25, -0.2) is 14.6 Å². The molecule has 3 aromatic heterocycles. The number of pyridine rings is 1. The van der Waals surface area contributed by atoms with Crippen LogP contribution in [0.2, 0.25) is 0 Å². The van der Waals surface area contributed by atoms with Gasteiger partial charge in [-0.05, 0) is 13.0 Å². The summed E-state index contributed by atoms with van der Waals surface area (Å²) < 4.78 is 5.29. The SMILES string of the molecule is Cc1nc2[nH]c(=O)[nH]c(=O)c2c2c1c(=O)oc1ccccc12. The summed E-state index contributed by atoms with van der Waals surface area (Å²) in [5, 5.41) is 1.46. The lowest BCUT2D eigenvalue weighted by Gasteiger charge is -2.07. The molecule has 1 aromatic carbocycles. The zero-order valence-corrected chi connectivity index (χ0v) is 11.4. The third kappa shape index (κ3) is 1.56. The second kappa shape index (κ2) is 4.14. The molecule has 2 N–H and O–H groups in total. The maximum atomic E-state index is 12.2. The van der Waals surface area contributed by atoms with Crippen molar-refractivity contribution < 1.29 is 4.42 Å². The summed E-state index contributed by atoms with van der Waals surface area (Å²) in [5.74, 6) is 0. The first-order valence-electron chi connectivity index (χ1n) is 6.55. The van der Waals surface area contributed by atoms with E-state index in [1.54, 1.807) is 31.2 Å². The third-order valence-corrected chi connectivity index (χ3v) is 3.63. The second-order valence-corrected chi connectivity index (χ2v) is 4.96. The van der Waals surface area contributed by atoms with Gasteiger partial charge in [0.2, 0.25) is 0 Å². The highest BCUT2D eigenvalue weighted by atomic mass is 16.4. The highest BCUT2D eigenvalue weighted by Gasteiger charge is 2.17. The number of H-pyrrole nitrogens is 2. The zero-order chi connectivity index (χ0) is 15.4. The molecule has 22 heavy (non-hydrogen) atoms. The summed E-state index contributed by atoms with van der Waals surface area (Å²) in [6, 6.07) is 6.92. The van der Waals surface area contributed by atoms with Gasteiger partial charge in [-0.2, -0.15) is 0 Å². The molecule has 0 aliphatic carbocycles. The van der Waals surface area contributed by atoms with Gasteiger partial charge in [0.25, 0.3) is 5.56 Å². The van der Waals surface area contributed by atoms with Crippen LogP contribution >= 0.6 is 0 Å². The molecular weight excluding hydrogens is 286 g/mol. The third-order valence-electron chi connectivity index (χ3n) is 3.63. The number of hydrogen-bond acceptors (Lipinski definition) is 5. The molecule has 4 rings (SSSR count). The summed E-state index contributed by atoms with van der Waals surface area (Å²) in [5.41, 5.74) is -0.885. The summed E-state index contributed by atoms with van der Waals surface area (Å²) >= 11 is 0. The van der Waals surface area contributed by atoms with Crippen molar-refractivity contribution in [3.63, 3.8) is 0 Å². The Hall–Kier alpha value is -3.22. The van der Waals surface area contributed by atoms with Gasteiger partial charge in [-0.3, -0.25) is 14.8 Å². The Morgan fingerprint density at radius 2 is 1.77 bits per heavy atom. The van der Waals surface area contributed by atoms with Gasteiger partial charge in [0.1, 0.15) is 11.2 Å². The summed E-state index contributed by atoms with van der Waals surface area (Å²) in [6.07, 6.45) is 0. The lowest BCUT2D eigenvalue weighted by Crippen LogP contribution is -2.23. The Balaban J connectivity index is 2.53. The van der Waals surface area contributed by atoms with Crippen molar-refractivity contribution in [1.29, 1.82) is 0 Å². The van der Waals surface area contributed by atoms with Crippen molar-refractivity contribution in [2.45, 2.75) is 6.92 Å². The molecule has 0 spiro atoms. The number of benzene rings is 1. The summed E-state index contributed by atoms with van der Waals surface area (Å²) in [4.78, 5) is 44.7. The summed E-state index contributed by atoms with van der Waals surface area (Å²) in [6.45, 7) is 1.63. The van der Waals surface area contributed by atoms with Crippen LogP contribution in [0.4, 0.5) is 0 Å². The number of nitrogens with zero attached hydrogens (tertiary/aromatic N) is 1. The van der Waals surface area contributed by atoms with Gasteiger partial charge in [0.15, 0.2) is 0 Å². The van der Waals surface area contributed by atoms with Crippen molar-refractivity contribution in [3.8, 4) is 0 Å². The Morgan fingerprint density at radius 3 is 2.59 bits per heavy atom. The van der Waals surface area contributed by atoms with E-state index in [-0.39, 0.29) is 16.4 Å². The second-order valence-electron chi connectivity index (χ2n) is 4.96. The smallest absolute Gasteiger partial charge is 0.346 e. The van der Waals surface area contributed by atoms with Crippen LogP contribution in [0.1, 0.15) is 5.69 Å². The molecule has 108 valence electrons. The molecule has 0 amide bonds. The molecule has 0 atom stereocenters. The predicted octanol–water partition coefficient (Wildman–Crippen LogP) is 1.18.